The Morgan fingerprint density at radius 2 is 1.75 bits per heavy atom. The Morgan fingerprint density at radius 1 is 1.07 bits per heavy atom. The molecule has 1 amide bonds. The number of rotatable bonds is 7. The van der Waals surface area contributed by atoms with E-state index in [9.17, 15) is 29.8 Å². The summed E-state index contributed by atoms with van der Waals surface area (Å²) in [7, 11) is 1.13. The molecule has 2 aromatic carbocycles. The van der Waals surface area contributed by atoms with Crippen molar-refractivity contribution in [3.8, 4) is 5.75 Å². The molecule has 2 aromatic rings. The maximum Gasteiger partial charge on any atom is 0.338 e. The van der Waals surface area contributed by atoms with E-state index in [0.29, 0.717) is 5.56 Å². The minimum atomic E-state index is -0.772. The minimum absolute atomic E-state index is 0.0108. The van der Waals surface area contributed by atoms with Crippen LogP contribution in [0.2, 0.25) is 0 Å². The zero-order valence-corrected chi connectivity index (χ0v) is 14.8. The van der Waals surface area contributed by atoms with Crippen LogP contribution in [0.15, 0.2) is 36.4 Å². The van der Waals surface area contributed by atoms with Gasteiger partial charge >= 0.3 is 11.7 Å². The first-order valence-corrected chi connectivity index (χ1v) is 7.78. The predicted molar refractivity (Wildman–Crippen MR) is 96.4 cm³/mol. The second-order valence-corrected chi connectivity index (χ2v) is 5.49. The van der Waals surface area contributed by atoms with E-state index in [1.54, 1.807) is 13.0 Å². The number of aryl methyl sites for hydroxylation is 1. The number of nitrogens with zero attached hydrogens (tertiary/aromatic N) is 2. The number of nitro groups is 2. The van der Waals surface area contributed by atoms with Crippen LogP contribution in [0.3, 0.4) is 0 Å². The third-order valence-electron chi connectivity index (χ3n) is 3.65. The van der Waals surface area contributed by atoms with Gasteiger partial charge in [-0.25, -0.2) is 4.79 Å². The lowest BCUT2D eigenvalue weighted by Gasteiger charge is -2.10. The van der Waals surface area contributed by atoms with Crippen LogP contribution < -0.4 is 10.1 Å². The molecule has 0 aromatic heterocycles. The zero-order chi connectivity index (χ0) is 20.8. The van der Waals surface area contributed by atoms with Gasteiger partial charge in [0.05, 0.1) is 22.5 Å². The fourth-order valence-corrected chi connectivity index (χ4v) is 2.31. The molecule has 0 fully saturated rings. The molecular weight excluding hydrogens is 374 g/mol. The number of nitrogens with one attached hydrogen (secondary N) is 1. The van der Waals surface area contributed by atoms with Gasteiger partial charge in [0.1, 0.15) is 5.69 Å². The van der Waals surface area contributed by atoms with Crippen LogP contribution in [0.25, 0.3) is 0 Å². The van der Waals surface area contributed by atoms with E-state index in [0.717, 1.165) is 19.2 Å². The van der Waals surface area contributed by atoms with E-state index >= 15 is 0 Å². The zero-order valence-electron chi connectivity index (χ0n) is 14.8. The summed E-state index contributed by atoms with van der Waals surface area (Å²) in [4.78, 5) is 44.4. The number of anilines is 1. The Balaban J connectivity index is 2.17. The van der Waals surface area contributed by atoms with E-state index < -0.39 is 34.0 Å². The summed E-state index contributed by atoms with van der Waals surface area (Å²) >= 11 is 0. The molecular formula is C17H15N3O8. The van der Waals surface area contributed by atoms with E-state index in [4.69, 9.17) is 4.74 Å². The predicted octanol–water partition coefficient (Wildman–Crippen LogP) is 2.62. The van der Waals surface area contributed by atoms with Gasteiger partial charge in [-0.2, -0.15) is 0 Å². The summed E-state index contributed by atoms with van der Waals surface area (Å²) in [5, 5.41) is 24.6. The van der Waals surface area contributed by atoms with Gasteiger partial charge in [0, 0.05) is 12.1 Å². The van der Waals surface area contributed by atoms with E-state index in [2.05, 4.69) is 10.1 Å². The third-order valence-corrected chi connectivity index (χ3v) is 3.65. The molecule has 2 rings (SSSR count). The molecule has 11 heteroatoms. The van der Waals surface area contributed by atoms with Crippen molar-refractivity contribution in [1.29, 1.82) is 0 Å². The molecule has 0 unspecified atom stereocenters. The minimum Gasteiger partial charge on any atom is -0.477 e. The Bertz CT molecular complexity index is 957. The van der Waals surface area contributed by atoms with Crippen LogP contribution in [-0.4, -0.2) is 35.4 Å². The average molecular weight is 389 g/mol. The van der Waals surface area contributed by atoms with Crippen molar-refractivity contribution in [2.75, 3.05) is 19.0 Å². The van der Waals surface area contributed by atoms with Gasteiger partial charge < -0.3 is 14.8 Å². The molecule has 1 N–H and O–H groups in total. The molecule has 0 aliphatic heterocycles. The van der Waals surface area contributed by atoms with Crippen LogP contribution >= 0.6 is 0 Å². The van der Waals surface area contributed by atoms with Gasteiger partial charge in [-0.1, -0.05) is 12.1 Å². The summed E-state index contributed by atoms with van der Waals surface area (Å²) in [5.41, 5.74) is -0.395. The van der Waals surface area contributed by atoms with Crippen molar-refractivity contribution in [1.82, 2.24) is 0 Å². The van der Waals surface area contributed by atoms with Gasteiger partial charge in [-0.05, 0) is 24.6 Å². The van der Waals surface area contributed by atoms with Crippen molar-refractivity contribution in [3.05, 3.63) is 67.8 Å². The fraction of sp³-hybridized carbons (Fsp3) is 0.176. The second-order valence-electron chi connectivity index (χ2n) is 5.49. The lowest BCUT2D eigenvalue weighted by Crippen LogP contribution is -2.21. The SMILES string of the molecule is COC(=O)c1ccc(OCC(=O)Nc2c(C)cccc2[N+](=O)[O-])c([N+](=O)[O-])c1. The highest BCUT2D eigenvalue weighted by Crippen LogP contribution is 2.29. The lowest BCUT2D eigenvalue weighted by atomic mass is 10.1. The fourth-order valence-electron chi connectivity index (χ4n) is 2.31. The third kappa shape index (κ3) is 4.58. The van der Waals surface area contributed by atoms with Crippen molar-refractivity contribution >= 4 is 28.9 Å². The number of hydrogen-bond donors (Lipinski definition) is 1. The van der Waals surface area contributed by atoms with Gasteiger partial charge in [-0.15, -0.1) is 0 Å². The molecule has 146 valence electrons. The molecule has 0 aliphatic rings. The molecule has 28 heavy (non-hydrogen) atoms. The highest BCUT2D eigenvalue weighted by atomic mass is 16.6. The molecule has 0 aliphatic carbocycles. The number of para-hydroxylation sites is 1. The van der Waals surface area contributed by atoms with Crippen molar-refractivity contribution in [2.45, 2.75) is 6.92 Å². The Morgan fingerprint density at radius 3 is 2.36 bits per heavy atom. The molecule has 0 atom stereocenters. The van der Waals surface area contributed by atoms with Gasteiger partial charge in [0.2, 0.25) is 0 Å². The Hall–Kier alpha value is -4.02. The number of carbonyl (C=O) groups is 2. The Labute approximate surface area is 158 Å². The van der Waals surface area contributed by atoms with Crippen LogP contribution in [0.4, 0.5) is 17.1 Å². The van der Waals surface area contributed by atoms with Crippen molar-refractivity contribution in [3.63, 3.8) is 0 Å². The Kier molecular flexibility index (Phi) is 6.22. The van der Waals surface area contributed by atoms with Gasteiger partial charge in [-0.3, -0.25) is 25.0 Å². The van der Waals surface area contributed by atoms with Crippen LogP contribution in [0.5, 0.6) is 5.75 Å². The van der Waals surface area contributed by atoms with Gasteiger partial charge in [0.15, 0.2) is 12.4 Å². The van der Waals surface area contributed by atoms with Crippen LogP contribution in [0, 0.1) is 27.2 Å². The monoisotopic (exact) mass is 389 g/mol. The number of ether oxygens (including phenoxy) is 2. The molecule has 0 bridgehead atoms. The summed E-state index contributed by atoms with van der Waals surface area (Å²) in [6.07, 6.45) is 0. The molecule has 11 nitrogen and oxygen atoms in total. The van der Waals surface area contributed by atoms with Crippen LogP contribution in [0.1, 0.15) is 15.9 Å². The quantitative estimate of drug-likeness (QED) is 0.431. The lowest BCUT2D eigenvalue weighted by molar-refractivity contribution is -0.385. The number of nitro benzene ring substituents is 2. The smallest absolute Gasteiger partial charge is 0.338 e. The number of methoxy groups -OCH3 is 1. The molecule has 0 saturated heterocycles. The standard InChI is InChI=1S/C17H15N3O8/c1-10-4-3-5-12(19(23)24)16(10)18-15(21)9-28-14-7-6-11(17(22)27-2)8-13(14)20(25)26/h3-8H,9H2,1-2H3,(H,18,21). The summed E-state index contributed by atoms with van der Waals surface area (Å²) in [6.45, 7) is 0.948. The summed E-state index contributed by atoms with van der Waals surface area (Å²) in [5.74, 6) is -1.75. The first kappa shape index (κ1) is 20.3. The van der Waals surface area contributed by atoms with Crippen molar-refractivity contribution in [2.24, 2.45) is 0 Å². The summed E-state index contributed by atoms with van der Waals surface area (Å²) in [6, 6.07) is 7.67. The maximum atomic E-state index is 12.1. The number of benzene rings is 2. The first-order chi connectivity index (χ1) is 13.2. The molecule has 0 radical (unpaired) electrons. The first-order valence-electron chi connectivity index (χ1n) is 7.78. The second kappa shape index (κ2) is 8.58. The van der Waals surface area contributed by atoms with Crippen LogP contribution in [-0.2, 0) is 9.53 Å². The summed E-state index contributed by atoms with van der Waals surface area (Å²) < 4.78 is 9.66. The number of hydrogen-bond acceptors (Lipinski definition) is 8. The largest absolute Gasteiger partial charge is 0.477 e. The van der Waals surface area contributed by atoms with Gasteiger partial charge in [0.25, 0.3) is 11.6 Å². The molecule has 0 heterocycles. The number of esters is 1. The number of carbonyl (C=O) groups excluding carboxylic acids is 2. The highest BCUT2D eigenvalue weighted by Gasteiger charge is 2.21. The highest BCUT2D eigenvalue weighted by molar-refractivity contribution is 5.95. The van der Waals surface area contributed by atoms with E-state index in [1.165, 1.54) is 18.2 Å². The van der Waals surface area contributed by atoms with E-state index in [1.807, 2.05) is 0 Å². The van der Waals surface area contributed by atoms with Crippen molar-refractivity contribution < 1.29 is 28.9 Å². The number of amides is 1. The maximum absolute atomic E-state index is 12.1. The molecule has 0 spiro atoms. The normalized spacial score (nSPS) is 10.1. The topological polar surface area (TPSA) is 151 Å². The van der Waals surface area contributed by atoms with E-state index in [-0.39, 0.29) is 22.7 Å². The average Bonchev–Trinajstić information content (AvgIpc) is 2.66. The molecule has 0 saturated carbocycles.